The van der Waals surface area contributed by atoms with Gasteiger partial charge in [-0.1, -0.05) is 23.8 Å². The van der Waals surface area contributed by atoms with Crippen molar-refractivity contribution < 1.29 is 0 Å². The number of nitrogens with zero attached hydrogens (tertiary/aromatic N) is 2. The maximum absolute atomic E-state index is 4.73. The molecule has 94 valence electrons. The van der Waals surface area contributed by atoms with Gasteiger partial charge in [-0.15, -0.1) is 0 Å². The molecule has 0 N–H and O–H groups in total. The number of aryl methyl sites for hydroxylation is 1. The molecular formula is C15H17BrN2. The fourth-order valence-corrected chi connectivity index (χ4v) is 3.38. The Kier molecular flexibility index (Phi) is 3.02. The predicted octanol–water partition coefficient (Wildman–Crippen LogP) is 4.52. The topological polar surface area (TPSA) is 17.8 Å². The van der Waals surface area contributed by atoms with Crippen molar-refractivity contribution >= 4 is 15.9 Å². The number of aromatic nitrogens is 2. The van der Waals surface area contributed by atoms with Gasteiger partial charge in [-0.3, -0.25) is 0 Å². The summed E-state index contributed by atoms with van der Waals surface area (Å²) in [5.41, 5.74) is 3.85. The average Bonchev–Trinajstić information content (AvgIpc) is 2.69. The van der Waals surface area contributed by atoms with Gasteiger partial charge in [0.1, 0.15) is 10.4 Å². The summed E-state index contributed by atoms with van der Waals surface area (Å²) in [6.07, 6.45) is 3.64. The lowest BCUT2D eigenvalue weighted by molar-refractivity contribution is 0.435. The molecule has 1 unspecified atom stereocenters. The second kappa shape index (κ2) is 4.54. The molecule has 0 saturated heterocycles. The third-order valence-corrected chi connectivity index (χ3v) is 4.35. The van der Waals surface area contributed by atoms with E-state index in [4.69, 9.17) is 4.98 Å². The number of rotatable bonds is 1. The van der Waals surface area contributed by atoms with Crippen LogP contribution in [-0.2, 0) is 6.42 Å². The largest absolute Gasteiger partial charge is 0.324 e. The Hall–Kier alpha value is -1.09. The van der Waals surface area contributed by atoms with Crippen LogP contribution in [0, 0.1) is 6.92 Å². The van der Waals surface area contributed by atoms with Gasteiger partial charge < -0.3 is 4.57 Å². The van der Waals surface area contributed by atoms with Crippen LogP contribution in [0.25, 0.3) is 11.4 Å². The summed E-state index contributed by atoms with van der Waals surface area (Å²) in [4.78, 5) is 4.73. The molecule has 1 aliphatic rings. The van der Waals surface area contributed by atoms with E-state index in [0.29, 0.717) is 6.04 Å². The van der Waals surface area contributed by atoms with Crippen molar-refractivity contribution in [2.24, 2.45) is 0 Å². The fraction of sp³-hybridized carbons (Fsp3) is 0.400. The summed E-state index contributed by atoms with van der Waals surface area (Å²) in [6.45, 7) is 4.41. The number of fused-ring (bicyclic) bond motifs is 1. The lowest BCUT2D eigenvalue weighted by Gasteiger charge is -2.24. The molecule has 0 amide bonds. The Morgan fingerprint density at radius 2 is 2.22 bits per heavy atom. The first-order valence-corrected chi connectivity index (χ1v) is 7.30. The molecule has 0 aliphatic carbocycles. The summed E-state index contributed by atoms with van der Waals surface area (Å²) in [5.74, 6) is 1.10. The normalized spacial score (nSPS) is 18.7. The molecule has 0 fully saturated rings. The zero-order chi connectivity index (χ0) is 12.7. The molecular weight excluding hydrogens is 288 g/mol. The number of halogens is 1. The number of hydrogen-bond donors (Lipinski definition) is 0. The van der Waals surface area contributed by atoms with E-state index in [1.54, 1.807) is 0 Å². The van der Waals surface area contributed by atoms with E-state index in [1.165, 1.54) is 29.7 Å². The van der Waals surface area contributed by atoms with Gasteiger partial charge in [0.15, 0.2) is 0 Å². The molecule has 1 aromatic carbocycles. The predicted molar refractivity (Wildman–Crippen MR) is 77.7 cm³/mol. The first-order chi connectivity index (χ1) is 8.66. The lowest BCUT2D eigenvalue weighted by Crippen LogP contribution is -2.15. The quantitative estimate of drug-likeness (QED) is 0.757. The first-order valence-electron chi connectivity index (χ1n) is 6.50. The van der Waals surface area contributed by atoms with Crippen molar-refractivity contribution in [1.82, 2.24) is 9.55 Å². The zero-order valence-electron chi connectivity index (χ0n) is 10.8. The molecule has 2 aromatic rings. The molecule has 2 nitrogen and oxygen atoms in total. The van der Waals surface area contributed by atoms with Gasteiger partial charge in [0, 0.05) is 11.6 Å². The minimum Gasteiger partial charge on any atom is -0.324 e. The standard InChI is InChI=1S/C15H17BrN2/c1-10-5-3-7-12(9-10)15-17-14(16)13-8-4-6-11(2)18(13)15/h3,5,7,9,11H,4,6,8H2,1-2H3. The second-order valence-corrected chi connectivity index (χ2v) is 5.90. The summed E-state index contributed by atoms with van der Waals surface area (Å²) in [6, 6.07) is 9.14. The molecule has 1 aromatic heterocycles. The summed E-state index contributed by atoms with van der Waals surface area (Å²) in [7, 11) is 0. The molecule has 0 saturated carbocycles. The lowest BCUT2D eigenvalue weighted by atomic mass is 10.0. The summed E-state index contributed by atoms with van der Waals surface area (Å²) >= 11 is 3.61. The van der Waals surface area contributed by atoms with Crippen molar-refractivity contribution in [2.45, 2.75) is 39.2 Å². The van der Waals surface area contributed by atoms with Crippen LogP contribution in [0.1, 0.15) is 37.1 Å². The van der Waals surface area contributed by atoms with Crippen LogP contribution in [0.4, 0.5) is 0 Å². The molecule has 3 heteroatoms. The summed E-state index contributed by atoms with van der Waals surface area (Å²) in [5, 5.41) is 0. The molecule has 1 aliphatic heterocycles. The van der Waals surface area contributed by atoms with Crippen LogP contribution in [-0.4, -0.2) is 9.55 Å². The van der Waals surface area contributed by atoms with Crippen LogP contribution in [0.3, 0.4) is 0 Å². The number of hydrogen-bond acceptors (Lipinski definition) is 1. The Bertz CT molecular complexity index is 586. The van der Waals surface area contributed by atoms with Gasteiger partial charge in [0.25, 0.3) is 0 Å². The van der Waals surface area contributed by atoms with Crippen LogP contribution in [0.15, 0.2) is 28.9 Å². The van der Waals surface area contributed by atoms with E-state index in [1.807, 2.05) is 0 Å². The van der Waals surface area contributed by atoms with Crippen molar-refractivity contribution in [3.05, 3.63) is 40.1 Å². The maximum Gasteiger partial charge on any atom is 0.141 e. The molecule has 1 atom stereocenters. The van der Waals surface area contributed by atoms with E-state index < -0.39 is 0 Å². The summed E-state index contributed by atoms with van der Waals surface area (Å²) < 4.78 is 3.42. The number of imidazole rings is 1. The van der Waals surface area contributed by atoms with Gasteiger partial charge in [0.05, 0.1) is 5.69 Å². The highest BCUT2D eigenvalue weighted by Crippen LogP contribution is 2.35. The van der Waals surface area contributed by atoms with E-state index >= 15 is 0 Å². The molecule has 0 radical (unpaired) electrons. The van der Waals surface area contributed by atoms with Crippen molar-refractivity contribution in [2.75, 3.05) is 0 Å². The monoisotopic (exact) mass is 304 g/mol. The van der Waals surface area contributed by atoms with Crippen LogP contribution in [0.2, 0.25) is 0 Å². The Morgan fingerprint density at radius 3 is 3.00 bits per heavy atom. The first kappa shape index (κ1) is 12.0. The third kappa shape index (κ3) is 1.91. The van der Waals surface area contributed by atoms with Gasteiger partial charge in [-0.2, -0.15) is 0 Å². The molecule has 0 bridgehead atoms. The smallest absolute Gasteiger partial charge is 0.141 e. The molecule has 0 spiro atoms. The third-order valence-electron chi connectivity index (χ3n) is 3.71. The minimum absolute atomic E-state index is 0.545. The maximum atomic E-state index is 4.73. The Morgan fingerprint density at radius 1 is 1.39 bits per heavy atom. The van der Waals surface area contributed by atoms with Crippen LogP contribution in [0.5, 0.6) is 0 Å². The van der Waals surface area contributed by atoms with Crippen molar-refractivity contribution in [3.8, 4) is 11.4 Å². The molecule has 2 heterocycles. The highest BCUT2D eigenvalue weighted by molar-refractivity contribution is 9.10. The number of benzene rings is 1. The van der Waals surface area contributed by atoms with Gasteiger partial charge in [-0.05, 0) is 55.1 Å². The van der Waals surface area contributed by atoms with Gasteiger partial charge >= 0.3 is 0 Å². The zero-order valence-corrected chi connectivity index (χ0v) is 12.4. The second-order valence-electron chi connectivity index (χ2n) is 5.15. The van der Waals surface area contributed by atoms with Crippen LogP contribution < -0.4 is 0 Å². The van der Waals surface area contributed by atoms with Crippen molar-refractivity contribution in [1.29, 1.82) is 0 Å². The Labute approximate surface area is 116 Å². The SMILES string of the molecule is Cc1cccc(-c2nc(Br)c3n2C(C)CCC3)c1. The molecule has 18 heavy (non-hydrogen) atoms. The fourth-order valence-electron chi connectivity index (χ4n) is 2.82. The molecule has 3 rings (SSSR count). The van der Waals surface area contributed by atoms with Crippen molar-refractivity contribution in [3.63, 3.8) is 0 Å². The average molecular weight is 305 g/mol. The van der Waals surface area contributed by atoms with E-state index in [2.05, 4.69) is 58.6 Å². The Balaban J connectivity index is 2.18. The van der Waals surface area contributed by atoms with Gasteiger partial charge in [-0.25, -0.2) is 4.98 Å². The van der Waals surface area contributed by atoms with E-state index in [-0.39, 0.29) is 0 Å². The van der Waals surface area contributed by atoms with Gasteiger partial charge in [0.2, 0.25) is 0 Å². The van der Waals surface area contributed by atoms with E-state index in [0.717, 1.165) is 16.8 Å². The van der Waals surface area contributed by atoms with Crippen LogP contribution >= 0.6 is 15.9 Å². The minimum atomic E-state index is 0.545. The van der Waals surface area contributed by atoms with E-state index in [9.17, 15) is 0 Å². The highest BCUT2D eigenvalue weighted by atomic mass is 79.9. The highest BCUT2D eigenvalue weighted by Gasteiger charge is 2.23.